The molecule has 0 aromatic rings. The lowest BCUT2D eigenvalue weighted by atomic mass is 9.73. The van der Waals surface area contributed by atoms with E-state index in [4.69, 9.17) is 12.6 Å². The van der Waals surface area contributed by atoms with Crippen LogP contribution < -0.4 is 0 Å². The maximum atomic E-state index is 13.5. The average Bonchev–Trinajstić information content (AvgIpc) is 2.95. The summed E-state index contributed by atoms with van der Waals surface area (Å²) < 4.78 is 32.1. The van der Waals surface area contributed by atoms with E-state index >= 15 is 0 Å². The van der Waals surface area contributed by atoms with Crippen molar-refractivity contribution in [2.24, 2.45) is 11.8 Å². The van der Waals surface area contributed by atoms with Crippen LogP contribution in [0, 0.1) is 11.8 Å². The van der Waals surface area contributed by atoms with Crippen LogP contribution in [0.4, 0.5) is 8.78 Å². The molecule has 1 saturated heterocycles. The van der Waals surface area contributed by atoms with Gasteiger partial charge in [0.2, 0.25) is 0 Å². The van der Waals surface area contributed by atoms with Crippen LogP contribution in [0.5, 0.6) is 0 Å². The first-order valence-corrected chi connectivity index (χ1v) is 5.00. The molecular weight excluding hydrogens is 185 g/mol. The van der Waals surface area contributed by atoms with Crippen LogP contribution in [0.25, 0.3) is 0 Å². The molecule has 5 unspecified atom stereocenters. The average molecular weight is 198 g/mol. The minimum absolute atomic E-state index is 0.0204. The van der Waals surface area contributed by atoms with E-state index in [0.717, 1.165) is 0 Å². The molecule has 0 N–H and O–H groups in total. The predicted molar refractivity (Wildman–Crippen MR) is 50.8 cm³/mol. The molecule has 76 valence electrons. The van der Waals surface area contributed by atoms with Gasteiger partial charge < -0.3 is 4.74 Å². The second kappa shape index (κ2) is 4.01. The molecule has 1 aliphatic carbocycles. The van der Waals surface area contributed by atoms with E-state index in [1.807, 2.05) is 0 Å². The topological polar surface area (TPSA) is 12.5 Å². The van der Waals surface area contributed by atoms with Gasteiger partial charge in [-0.25, -0.2) is 8.78 Å². The van der Waals surface area contributed by atoms with Gasteiger partial charge in [0.15, 0.2) is 0 Å². The maximum Gasteiger partial charge on any atom is 0.124 e. The van der Waals surface area contributed by atoms with Gasteiger partial charge in [-0.15, -0.1) is 0 Å². The molecule has 14 heavy (non-hydrogen) atoms. The van der Waals surface area contributed by atoms with Crippen molar-refractivity contribution in [3.05, 3.63) is 12.2 Å². The summed E-state index contributed by atoms with van der Waals surface area (Å²) in [5.41, 5.74) is 0. The smallest absolute Gasteiger partial charge is 0.124 e. The van der Waals surface area contributed by atoms with Crippen molar-refractivity contribution in [3.63, 3.8) is 0 Å². The lowest BCUT2D eigenvalue weighted by Crippen LogP contribution is -2.36. The zero-order chi connectivity index (χ0) is 10.1. The van der Waals surface area contributed by atoms with Gasteiger partial charge in [-0.2, -0.15) is 0 Å². The van der Waals surface area contributed by atoms with Crippen molar-refractivity contribution in [2.45, 2.75) is 31.2 Å². The molecule has 1 aliphatic heterocycles. The van der Waals surface area contributed by atoms with Crippen molar-refractivity contribution in [2.75, 3.05) is 6.61 Å². The van der Waals surface area contributed by atoms with Gasteiger partial charge >= 0.3 is 0 Å². The maximum absolute atomic E-state index is 13.5. The number of epoxide rings is 1. The minimum atomic E-state index is -1.21. The monoisotopic (exact) mass is 198 g/mol. The second-order valence-electron chi connectivity index (χ2n) is 3.97. The molecule has 0 amide bonds. The Balaban J connectivity index is 2.08. The van der Waals surface area contributed by atoms with Crippen molar-refractivity contribution in [3.8, 4) is 0 Å². The van der Waals surface area contributed by atoms with Gasteiger partial charge in [0, 0.05) is 5.92 Å². The third kappa shape index (κ3) is 1.85. The number of hydrogen-bond acceptors (Lipinski definition) is 1. The molecule has 1 nitrogen and oxygen atoms in total. The van der Waals surface area contributed by atoms with E-state index < -0.39 is 18.3 Å². The largest absolute Gasteiger partial charge is 0.373 e. The molecule has 1 heterocycles. The molecule has 4 heteroatoms. The molecule has 0 saturated carbocycles. The number of halogens is 2. The molecule has 0 aromatic heterocycles. The molecule has 2 rings (SSSR count). The Kier molecular flexibility index (Phi) is 2.91. The number of hydrogen-bond donors (Lipinski definition) is 0. The Labute approximate surface area is 83.9 Å². The third-order valence-electron chi connectivity index (χ3n) is 3.07. The fourth-order valence-corrected chi connectivity index (χ4v) is 2.19. The summed E-state index contributed by atoms with van der Waals surface area (Å²) in [6.07, 6.45) is 1.24. The highest BCUT2D eigenvalue weighted by molar-refractivity contribution is 6.08. The first-order valence-electron chi connectivity index (χ1n) is 5.00. The summed E-state index contributed by atoms with van der Waals surface area (Å²) in [5.74, 6) is -0.789. The van der Waals surface area contributed by atoms with E-state index in [-0.39, 0.29) is 12.0 Å². The molecule has 2 radical (unpaired) electrons. The first-order chi connectivity index (χ1) is 6.74. The summed E-state index contributed by atoms with van der Waals surface area (Å²) in [6.45, 7) is 0.599. The van der Waals surface area contributed by atoms with Crippen molar-refractivity contribution in [1.29, 1.82) is 0 Å². The van der Waals surface area contributed by atoms with Crippen LogP contribution in [0.1, 0.15) is 6.42 Å². The van der Waals surface area contributed by atoms with Gasteiger partial charge in [0.05, 0.1) is 20.6 Å². The van der Waals surface area contributed by atoms with Crippen LogP contribution >= 0.6 is 0 Å². The van der Waals surface area contributed by atoms with Crippen LogP contribution in [0.3, 0.4) is 0 Å². The lowest BCUT2D eigenvalue weighted by Gasteiger charge is -2.31. The van der Waals surface area contributed by atoms with E-state index in [1.165, 1.54) is 6.08 Å². The van der Waals surface area contributed by atoms with Gasteiger partial charge in [-0.3, -0.25) is 0 Å². The second-order valence-corrected chi connectivity index (χ2v) is 3.97. The molecular formula is C10H13BF2O. The zero-order valence-electron chi connectivity index (χ0n) is 7.90. The predicted octanol–water partition coefficient (Wildman–Crippen LogP) is 1.84. The standard InChI is InChI=1S/C10H13BF2O/c11-4-6(9-5-14-9)10-7(12)2-1-3-8(10)13/h1-2,6-10H,3-5H2. The Bertz CT molecular complexity index is 230. The van der Waals surface area contributed by atoms with Crippen molar-refractivity contribution < 1.29 is 13.5 Å². The highest BCUT2D eigenvalue weighted by Gasteiger charge is 2.44. The fraction of sp³-hybridized carbons (Fsp3) is 0.800. The Hall–Kier alpha value is -0.375. The quantitative estimate of drug-likeness (QED) is 0.383. The van der Waals surface area contributed by atoms with Gasteiger partial charge in [0.25, 0.3) is 0 Å². The first kappa shape index (κ1) is 10.2. The Morgan fingerprint density at radius 2 is 2.21 bits per heavy atom. The van der Waals surface area contributed by atoms with Gasteiger partial charge in [0.1, 0.15) is 12.3 Å². The molecule has 2 aliphatic rings. The molecule has 5 atom stereocenters. The molecule has 0 aromatic carbocycles. The van der Waals surface area contributed by atoms with Gasteiger partial charge in [-0.05, 0) is 12.3 Å². The third-order valence-corrected chi connectivity index (χ3v) is 3.07. The van der Waals surface area contributed by atoms with Gasteiger partial charge in [-0.1, -0.05) is 18.5 Å². The highest BCUT2D eigenvalue weighted by Crippen LogP contribution is 2.38. The number of alkyl halides is 2. The van der Waals surface area contributed by atoms with E-state index in [2.05, 4.69) is 0 Å². The number of rotatable bonds is 3. The summed E-state index contributed by atoms with van der Waals surface area (Å²) in [5, 5.41) is 0. The van der Waals surface area contributed by atoms with Crippen LogP contribution in [-0.4, -0.2) is 32.9 Å². The minimum Gasteiger partial charge on any atom is -0.373 e. The zero-order valence-corrected chi connectivity index (χ0v) is 7.90. The normalized spacial score (nSPS) is 43.6. The summed E-state index contributed by atoms with van der Waals surface area (Å²) in [4.78, 5) is 0. The van der Waals surface area contributed by atoms with Crippen molar-refractivity contribution in [1.82, 2.24) is 0 Å². The SMILES string of the molecule is [B]CC(C1CO1)C1C(F)C=CCC1F. The molecule has 0 bridgehead atoms. The fourth-order valence-electron chi connectivity index (χ4n) is 2.19. The summed E-state index contributed by atoms with van der Waals surface area (Å²) in [6, 6.07) is 0. The van der Waals surface area contributed by atoms with E-state index in [9.17, 15) is 8.78 Å². The molecule has 0 spiro atoms. The number of allylic oxidation sites excluding steroid dienone is 2. The van der Waals surface area contributed by atoms with E-state index in [1.54, 1.807) is 6.08 Å². The lowest BCUT2D eigenvalue weighted by molar-refractivity contribution is 0.0837. The van der Waals surface area contributed by atoms with Crippen LogP contribution in [0.15, 0.2) is 12.2 Å². The van der Waals surface area contributed by atoms with Crippen molar-refractivity contribution >= 4 is 7.85 Å². The highest BCUT2D eigenvalue weighted by atomic mass is 19.1. The molecule has 1 fully saturated rings. The Morgan fingerprint density at radius 1 is 1.50 bits per heavy atom. The Morgan fingerprint density at radius 3 is 2.71 bits per heavy atom. The summed E-state index contributed by atoms with van der Waals surface area (Å²) >= 11 is 0. The van der Waals surface area contributed by atoms with Crippen LogP contribution in [0.2, 0.25) is 6.32 Å². The summed E-state index contributed by atoms with van der Waals surface area (Å²) in [7, 11) is 5.53. The van der Waals surface area contributed by atoms with Crippen LogP contribution in [-0.2, 0) is 4.74 Å². The number of ether oxygens (including phenoxy) is 1. The van der Waals surface area contributed by atoms with E-state index in [0.29, 0.717) is 19.3 Å².